The Labute approximate surface area is 68.5 Å². The van der Waals surface area contributed by atoms with E-state index in [9.17, 15) is 5.11 Å². The molecule has 60 valence electrons. The summed E-state index contributed by atoms with van der Waals surface area (Å²) in [5, 5.41) is 17.8. The van der Waals surface area contributed by atoms with Crippen LogP contribution in [0.2, 0.25) is 0 Å². The average Bonchev–Trinajstić information content (AvgIpc) is 2.55. The van der Waals surface area contributed by atoms with E-state index in [1.807, 2.05) is 0 Å². The topological polar surface area (TPSA) is 49.2 Å². The number of aliphatic hydroxyl groups is 1. The Bertz CT molecular complexity index is 226. The molecule has 11 heavy (non-hydrogen) atoms. The van der Waals surface area contributed by atoms with E-state index in [1.165, 1.54) is 11.3 Å². The van der Waals surface area contributed by atoms with Gasteiger partial charge in [0.2, 0.25) is 5.13 Å². The number of aliphatic hydroxyl groups excluding tert-OH is 1. The van der Waals surface area contributed by atoms with Crippen molar-refractivity contribution in [3.05, 3.63) is 5.51 Å². The Hall–Kier alpha value is -0.680. The van der Waals surface area contributed by atoms with Crippen LogP contribution in [-0.4, -0.2) is 34.5 Å². The summed E-state index contributed by atoms with van der Waals surface area (Å²) in [5.74, 6) is 0. The second-order valence-electron chi connectivity index (χ2n) is 2.61. The highest BCUT2D eigenvalue weighted by Gasteiger charge is 2.21. The van der Waals surface area contributed by atoms with Gasteiger partial charge in [0.25, 0.3) is 0 Å². The monoisotopic (exact) mass is 171 g/mol. The van der Waals surface area contributed by atoms with Crippen LogP contribution in [0.25, 0.3) is 0 Å². The molecule has 1 fully saturated rings. The maximum atomic E-state index is 9.21. The molecule has 1 atom stereocenters. The van der Waals surface area contributed by atoms with Gasteiger partial charge in [-0.25, -0.2) is 0 Å². The summed E-state index contributed by atoms with van der Waals surface area (Å²) in [6.07, 6.45) is 0.665. The summed E-state index contributed by atoms with van der Waals surface area (Å²) in [6, 6.07) is 0. The van der Waals surface area contributed by atoms with Crippen molar-refractivity contribution in [3.63, 3.8) is 0 Å². The first-order valence-corrected chi connectivity index (χ1v) is 4.43. The van der Waals surface area contributed by atoms with Gasteiger partial charge in [0, 0.05) is 13.1 Å². The van der Waals surface area contributed by atoms with Crippen molar-refractivity contribution in [2.45, 2.75) is 12.5 Å². The molecule has 2 heterocycles. The first kappa shape index (κ1) is 7.00. The number of anilines is 1. The zero-order valence-electron chi connectivity index (χ0n) is 5.97. The summed E-state index contributed by atoms with van der Waals surface area (Å²) in [5.41, 5.74) is 1.71. The molecule has 5 heteroatoms. The summed E-state index contributed by atoms with van der Waals surface area (Å²) in [6.45, 7) is 1.60. The van der Waals surface area contributed by atoms with Crippen molar-refractivity contribution in [3.8, 4) is 0 Å². The Morgan fingerprint density at radius 2 is 2.64 bits per heavy atom. The van der Waals surface area contributed by atoms with Crippen molar-refractivity contribution >= 4 is 16.5 Å². The van der Waals surface area contributed by atoms with Crippen molar-refractivity contribution in [1.82, 2.24) is 10.2 Å². The van der Waals surface area contributed by atoms with Gasteiger partial charge in [0.1, 0.15) is 5.51 Å². The number of hydrogen-bond acceptors (Lipinski definition) is 5. The van der Waals surface area contributed by atoms with Gasteiger partial charge in [-0.2, -0.15) is 0 Å². The highest BCUT2D eigenvalue weighted by molar-refractivity contribution is 7.13. The minimum Gasteiger partial charge on any atom is -0.391 e. The van der Waals surface area contributed by atoms with Crippen molar-refractivity contribution < 1.29 is 5.11 Å². The van der Waals surface area contributed by atoms with Crippen molar-refractivity contribution in [2.75, 3.05) is 18.0 Å². The summed E-state index contributed by atoms with van der Waals surface area (Å²) in [4.78, 5) is 2.06. The number of rotatable bonds is 1. The van der Waals surface area contributed by atoms with E-state index in [2.05, 4.69) is 15.1 Å². The molecule has 1 saturated heterocycles. The van der Waals surface area contributed by atoms with E-state index in [1.54, 1.807) is 5.51 Å². The first-order chi connectivity index (χ1) is 5.36. The lowest BCUT2D eigenvalue weighted by molar-refractivity contribution is 0.198. The van der Waals surface area contributed by atoms with Crippen LogP contribution in [0, 0.1) is 0 Å². The maximum Gasteiger partial charge on any atom is 0.208 e. The third kappa shape index (κ3) is 1.34. The number of hydrogen-bond donors (Lipinski definition) is 1. The highest BCUT2D eigenvalue weighted by atomic mass is 32.1. The van der Waals surface area contributed by atoms with E-state index < -0.39 is 0 Å². The van der Waals surface area contributed by atoms with Gasteiger partial charge >= 0.3 is 0 Å². The van der Waals surface area contributed by atoms with Gasteiger partial charge in [-0.15, -0.1) is 10.2 Å². The normalized spacial score (nSPS) is 24.5. The Balaban J connectivity index is 2.08. The fraction of sp³-hybridized carbons (Fsp3) is 0.667. The average molecular weight is 171 g/mol. The zero-order valence-corrected chi connectivity index (χ0v) is 6.79. The highest BCUT2D eigenvalue weighted by Crippen LogP contribution is 2.20. The SMILES string of the molecule is O[C@H]1CCN(c2nncs2)C1. The molecule has 1 aromatic rings. The molecule has 0 unspecified atom stereocenters. The third-order valence-electron chi connectivity index (χ3n) is 1.78. The molecule has 0 spiro atoms. The largest absolute Gasteiger partial charge is 0.391 e. The van der Waals surface area contributed by atoms with Gasteiger partial charge in [-0.05, 0) is 6.42 Å². The maximum absolute atomic E-state index is 9.21. The molecular weight excluding hydrogens is 162 g/mol. The van der Waals surface area contributed by atoms with Gasteiger partial charge in [-0.1, -0.05) is 11.3 Å². The number of aromatic nitrogens is 2. The minimum atomic E-state index is -0.182. The summed E-state index contributed by atoms with van der Waals surface area (Å²) < 4.78 is 0. The van der Waals surface area contributed by atoms with Crippen LogP contribution in [0.15, 0.2) is 5.51 Å². The standard InChI is InChI=1S/C6H9N3OS/c10-5-1-2-9(3-5)6-8-7-4-11-6/h4-5,10H,1-3H2/t5-/m0/s1. The molecule has 0 aromatic carbocycles. The smallest absolute Gasteiger partial charge is 0.208 e. The molecule has 1 aromatic heterocycles. The predicted octanol–water partition coefficient (Wildman–Crippen LogP) is 0.109. The van der Waals surface area contributed by atoms with E-state index in [4.69, 9.17) is 0 Å². The van der Waals surface area contributed by atoms with Crippen LogP contribution < -0.4 is 4.90 Å². The molecule has 0 aliphatic carbocycles. The quantitative estimate of drug-likeness (QED) is 0.651. The lowest BCUT2D eigenvalue weighted by atomic mass is 10.3. The third-order valence-corrected chi connectivity index (χ3v) is 2.53. The molecule has 1 aliphatic rings. The van der Waals surface area contributed by atoms with Crippen LogP contribution >= 0.6 is 11.3 Å². The summed E-state index contributed by atoms with van der Waals surface area (Å²) >= 11 is 1.51. The van der Waals surface area contributed by atoms with Crippen LogP contribution in [0.5, 0.6) is 0 Å². The summed E-state index contributed by atoms with van der Waals surface area (Å²) in [7, 11) is 0. The second kappa shape index (κ2) is 2.75. The van der Waals surface area contributed by atoms with Gasteiger partial charge in [-0.3, -0.25) is 0 Å². The van der Waals surface area contributed by atoms with Gasteiger partial charge < -0.3 is 10.0 Å². The van der Waals surface area contributed by atoms with Crippen LogP contribution in [0.4, 0.5) is 5.13 Å². The molecule has 1 N–H and O–H groups in total. The van der Waals surface area contributed by atoms with E-state index in [0.29, 0.717) is 6.54 Å². The van der Waals surface area contributed by atoms with Crippen molar-refractivity contribution in [1.29, 1.82) is 0 Å². The van der Waals surface area contributed by atoms with Crippen LogP contribution in [0.3, 0.4) is 0 Å². The Morgan fingerprint density at radius 1 is 1.73 bits per heavy atom. The Morgan fingerprint density at radius 3 is 3.18 bits per heavy atom. The predicted molar refractivity (Wildman–Crippen MR) is 42.7 cm³/mol. The molecule has 0 saturated carbocycles. The lowest BCUT2D eigenvalue weighted by Gasteiger charge is -2.11. The molecule has 0 bridgehead atoms. The van der Waals surface area contributed by atoms with E-state index in [-0.39, 0.29) is 6.10 Å². The molecule has 0 amide bonds. The fourth-order valence-corrected chi connectivity index (χ4v) is 1.82. The molecule has 4 nitrogen and oxygen atoms in total. The van der Waals surface area contributed by atoms with Gasteiger partial charge in [0.15, 0.2) is 0 Å². The van der Waals surface area contributed by atoms with Crippen LogP contribution in [0.1, 0.15) is 6.42 Å². The first-order valence-electron chi connectivity index (χ1n) is 3.55. The molecule has 0 radical (unpaired) electrons. The van der Waals surface area contributed by atoms with Gasteiger partial charge in [0.05, 0.1) is 6.10 Å². The number of nitrogens with zero attached hydrogens (tertiary/aromatic N) is 3. The molecular formula is C6H9N3OS. The zero-order chi connectivity index (χ0) is 7.68. The minimum absolute atomic E-state index is 0.182. The Kier molecular flexibility index (Phi) is 1.75. The number of β-amino-alcohol motifs (C(OH)–C–C–N with tert-alkyl or cyclic N) is 1. The molecule has 2 rings (SSSR count). The lowest BCUT2D eigenvalue weighted by Crippen LogP contribution is -2.20. The van der Waals surface area contributed by atoms with Crippen molar-refractivity contribution in [2.24, 2.45) is 0 Å². The second-order valence-corrected chi connectivity index (χ2v) is 3.42. The van der Waals surface area contributed by atoms with Crippen LogP contribution in [-0.2, 0) is 0 Å². The fourth-order valence-electron chi connectivity index (χ4n) is 1.22. The van der Waals surface area contributed by atoms with E-state index in [0.717, 1.165) is 18.1 Å². The van der Waals surface area contributed by atoms with E-state index >= 15 is 0 Å². The molecule has 1 aliphatic heterocycles.